The topological polar surface area (TPSA) is 119 Å². The first kappa shape index (κ1) is 13.7. The Balaban J connectivity index is 1.82. The molecule has 3 rings (SSSR count). The second kappa shape index (κ2) is 6.00. The number of nitrogens with one attached hydrogen (secondary N) is 2. The summed E-state index contributed by atoms with van der Waals surface area (Å²) in [6, 6.07) is 0.309. The van der Waals surface area contributed by atoms with Gasteiger partial charge in [-0.3, -0.25) is 5.43 Å². The molecule has 1 unspecified atom stereocenters. The van der Waals surface area contributed by atoms with Crippen molar-refractivity contribution in [2.45, 2.75) is 38.6 Å². The van der Waals surface area contributed by atoms with Crippen LogP contribution < -0.4 is 16.6 Å². The fourth-order valence-corrected chi connectivity index (χ4v) is 2.69. The lowest BCUT2D eigenvalue weighted by Gasteiger charge is -2.20. The Morgan fingerprint density at radius 2 is 2.00 bits per heavy atom. The molecular weight excluding hydrogens is 270 g/mol. The van der Waals surface area contributed by atoms with Gasteiger partial charge in [-0.05, 0) is 25.7 Å². The monoisotopic (exact) mass is 289 g/mol. The minimum Gasteiger partial charge on any atom is -0.351 e. The highest BCUT2D eigenvalue weighted by Crippen LogP contribution is 2.28. The normalized spacial score (nSPS) is 16.9. The summed E-state index contributed by atoms with van der Waals surface area (Å²) in [5.41, 5.74) is 2.45. The molecule has 2 aromatic heterocycles. The summed E-state index contributed by atoms with van der Waals surface area (Å²) >= 11 is 0. The molecule has 1 saturated carbocycles. The molecule has 0 aliphatic heterocycles. The van der Waals surface area contributed by atoms with Gasteiger partial charge < -0.3 is 5.32 Å². The summed E-state index contributed by atoms with van der Waals surface area (Å²) in [4.78, 5) is 16.7. The maximum Gasteiger partial charge on any atom is 0.258 e. The molecule has 112 valence electrons. The van der Waals surface area contributed by atoms with Gasteiger partial charge in [0.05, 0.1) is 0 Å². The van der Waals surface area contributed by atoms with Crippen molar-refractivity contribution in [1.82, 2.24) is 29.7 Å². The van der Waals surface area contributed by atoms with Gasteiger partial charge in [0.1, 0.15) is 12.7 Å². The molecule has 0 radical (unpaired) electrons. The van der Waals surface area contributed by atoms with E-state index in [0.29, 0.717) is 23.9 Å². The molecule has 0 aromatic carbocycles. The molecule has 9 heteroatoms. The summed E-state index contributed by atoms with van der Waals surface area (Å²) in [5.74, 6) is 7.23. The summed E-state index contributed by atoms with van der Waals surface area (Å²) in [6.07, 6.45) is 8.04. The molecule has 0 bridgehead atoms. The van der Waals surface area contributed by atoms with Crippen molar-refractivity contribution in [3.8, 4) is 5.95 Å². The van der Waals surface area contributed by atoms with E-state index in [1.54, 1.807) is 0 Å². The van der Waals surface area contributed by atoms with Gasteiger partial charge in [-0.2, -0.15) is 24.7 Å². The minimum atomic E-state index is 0.289. The van der Waals surface area contributed by atoms with E-state index >= 15 is 0 Å². The largest absolute Gasteiger partial charge is 0.351 e. The highest BCUT2D eigenvalue weighted by Gasteiger charge is 2.22. The van der Waals surface area contributed by atoms with Crippen LogP contribution in [0.5, 0.6) is 0 Å². The number of hydrogen-bond donors (Lipinski definition) is 3. The van der Waals surface area contributed by atoms with Crippen LogP contribution in [0.25, 0.3) is 5.95 Å². The minimum absolute atomic E-state index is 0.289. The van der Waals surface area contributed by atoms with Crippen molar-refractivity contribution in [3.05, 3.63) is 12.7 Å². The van der Waals surface area contributed by atoms with Crippen LogP contribution in [0.3, 0.4) is 0 Å². The predicted molar refractivity (Wildman–Crippen MR) is 77.6 cm³/mol. The second-order valence-corrected chi connectivity index (χ2v) is 5.24. The molecule has 1 fully saturated rings. The van der Waals surface area contributed by atoms with E-state index in [4.69, 9.17) is 5.84 Å². The predicted octanol–water partition coefficient (Wildman–Crippen LogP) is 0.728. The molecule has 4 N–H and O–H groups in total. The Kier molecular flexibility index (Phi) is 3.91. The van der Waals surface area contributed by atoms with E-state index in [0.717, 1.165) is 0 Å². The first-order chi connectivity index (χ1) is 10.3. The second-order valence-electron chi connectivity index (χ2n) is 5.24. The van der Waals surface area contributed by atoms with Crippen LogP contribution in [-0.2, 0) is 0 Å². The quantitative estimate of drug-likeness (QED) is 0.544. The number of nitrogens with two attached hydrogens (primary N) is 1. The number of nitrogens with zero attached hydrogens (tertiary/aromatic N) is 6. The molecule has 2 heterocycles. The number of anilines is 2. The van der Waals surface area contributed by atoms with Crippen LogP contribution in [0.1, 0.15) is 32.6 Å². The first-order valence-electron chi connectivity index (χ1n) is 7.10. The Hall–Kier alpha value is -2.29. The molecule has 0 spiro atoms. The standard InChI is InChI=1S/C12H19N9/c1-8(9-4-2-3-5-9)16-10-17-11(20-13)19-12(18-10)21-7-14-6-15-21/h6-9H,2-5,13H2,1H3,(H2,16,17,18,19,20). The van der Waals surface area contributed by atoms with Gasteiger partial charge in [-0.15, -0.1) is 0 Å². The number of hydrazine groups is 1. The molecule has 1 aliphatic rings. The van der Waals surface area contributed by atoms with Crippen LogP contribution in [0.4, 0.5) is 11.9 Å². The van der Waals surface area contributed by atoms with E-state index in [1.807, 2.05) is 0 Å². The first-order valence-corrected chi connectivity index (χ1v) is 7.10. The fraction of sp³-hybridized carbons (Fsp3) is 0.583. The molecule has 1 atom stereocenters. The average molecular weight is 289 g/mol. The van der Waals surface area contributed by atoms with Gasteiger partial charge in [0, 0.05) is 6.04 Å². The van der Waals surface area contributed by atoms with Crippen LogP contribution in [-0.4, -0.2) is 35.8 Å². The molecule has 9 nitrogen and oxygen atoms in total. The maximum atomic E-state index is 5.42. The molecular formula is C12H19N9. The SMILES string of the molecule is CC(Nc1nc(NN)nc(-n2cncn2)n1)C1CCCC1. The smallest absolute Gasteiger partial charge is 0.258 e. The zero-order valence-electron chi connectivity index (χ0n) is 11.9. The van der Waals surface area contributed by atoms with Gasteiger partial charge in [0.15, 0.2) is 0 Å². The van der Waals surface area contributed by atoms with Gasteiger partial charge in [0.2, 0.25) is 11.9 Å². The third kappa shape index (κ3) is 3.07. The Morgan fingerprint density at radius 3 is 2.67 bits per heavy atom. The fourth-order valence-electron chi connectivity index (χ4n) is 2.69. The van der Waals surface area contributed by atoms with E-state index in [1.165, 1.54) is 43.0 Å². The van der Waals surface area contributed by atoms with Crippen LogP contribution in [0.2, 0.25) is 0 Å². The van der Waals surface area contributed by atoms with E-state index in [9.17, 15) is 0 Å². The van der Waals surface area contributed by atoms with Gasteiger partial charge in [0.25, 0.3) is 5.95 Å². The average Bonchev–Trinajstić information content (AvgIpc) is 3.19. The van der Waals surface area contributed by atoms with Crippen molar-refractivity contribution >= 4 is 11.9 Å². The Bertz CT molecular complexity index is 576. The van der Waals surface area contributed by atoms with E-state index in [-0.39, 0.29) is 5.95 Å². The number of nitrogen functional groups attached to an aromatic ring is 1. The van der Waals surface area contributed by atoms with Crippen molar-refractivity contribution in [3.63, 3.8) is 0 Å². The van der Waals surface area contributed by atoms with Crippen molar-refractivity contribution in [2.24, 2.45) is 11.8 Å². The van der Waals surface area contributed by atoms with E-state index < -0.39 is 0 Å². The summed E-state index contributed by atoms with van der Waals surface area (Å²) in [7, 11) is 0. The maximum absolute atomic E-state index is 5.42. The number of rotatable bonds is 5. The highest BCUT2D eigenvalue weighted by molar-refractivity contribution is 5.37. The molecule has 2 aromatic rings. The Labute approximate surface area is 122 Å². The summed E-state index contributed by atoms with van der Waals surface area (Å²) < 4.78 is 1.47. The lowest BCUT2D eigenvalue weighted by molar-refractivity contribution is 0.479. The molecule has 0 amide bonds. The third-order valence-electron chi connectivity index (χ3n) is 3.84. The lowest BCUT2D eigenvalue weighted by Crippen LogP contribution is -2.26. The number of hydrogen-bond acceptors (Lipinski definition) is 8. The third-order valence-corrected chi connectivity index (χ3v) is 3.84. The van der Waals surface area contributed by atoms with Gasteiger partial charge in [-0.1, -0.05) is 12.8 Å². The van der Waals surface area contributed by atoms with Gasteiger partial charge in [-0.25, -0.2) is 10.8 Å². The lowest BCUT2D eigenvalue weighted by atomic mass is 10.0. The summed E-state index contributed by atoms with van der Waals surface area (Å²) in [6.45, 7) is 2.16. The van der Waals surface area contributed by atoms with Crippen molar-refractivity contribution in [1.29, 1.82) is 0 Å². The molecule has 1 aliphatic carbocycles. The van der Waals surface area contributed by atoms with Crippen LogP contribution in [0, 0.1) is 5.92 Å². The van der Waals surface area contributed by atoms with Crippen LogP contribution >= 0.6 is 0 Å². The number of aromatic nitrogens is 6. The van der Waals surface area contributed by atoms with Gasteiger partial charge >= 0.3 is 0 Å². The molecule has 21 heavy (non-hydrogen) atoms. The zero-order valence-corrected chi connectivity index (χ0v) is 11.9. The van der Waals surface area contributed by atoms with Crippen molar-refractivity contribution < 1.29 is 0 Å². The van der Waals surface area contributed by atoms with E-state index in [2.05, 4.69) is 42.7 Å². The van der Waals surface area contributed by atoms with Crippen LogP contribution in [0.15, 0.2) is 12.7 Å². The summed E-state index contributed by atoms with van der Waals surface area (Å²) in [5, 5.41) is 7.36. The van der Waals surface area contributed by atoms with Crippen molar-refractivity contribution in [2.75, 3.05) is 10.7 Å². The highest BCUT2D eigenvalue weighted by atomic mass is 15.4. The molecule has 0 saturated heterocycles. The Morgan fingerprint density at radius 1 is 1.24 bits per heavy atom. The zero-order chi connectivity index (χ0) is 14.7.